The molecule has 6 heteroatoms. The zero-order valence-corrected chi connectivity index (χ0v) is 15.2. The molecule has 1 aliphatic rings. The van der Waals surface area contributed by atoms with E-state index in [0.717, 1.165) is 43.7 Å². The number of anilines is 1. The first-order valence-corrected chi connectivity index (χ1v) is 9.02. The van der Waals surface area contributed by atoms with Gasteiger partial charge in [0.2, 0.25) is 11.8 Å². The highest BCUT2D eigenvalue weighted by molar-refractivity contribution is 5.94. The molecule has 0 aliphatic carbocycles. The average molecular weight is 346 g/mol. The molecule has 25 heavy (non-hydrogen) atoms. The van der Waals surface area contributed by atoms with Gasteiger partial charge < -0.3 is 16.8 Å². The normalized spacial score (nSPS) is 17.4. The Hall–Kier alpha value is -1.92. The Morgan fingerprint density at radius 2 is 1.96 bits per heavy atom. The van der Waals surface area contributed by atoms with Crippen LogP contribution < -0.4 is 16.8 Å². The molecule has 0 spiro atoms. The lowest BCUT2D eigenvalue weighted by Crippen LogP contribution is -2.38. The van der Waals surface area contributed by atoms with Gasteiger partial charge in [-0.3, -0.25) is 14.5 Å². The maximum Gasteiger partial charge on any atom is 0.241 e. The number of hydrogen-bond donors (Lipinski definition) is 3. The number of primary amides is 1. The summed E-state index contributed by atoms with van der Waals surface area (Å²) in [5, 5.41) is 2.90. The van der Waals surface area contributed by atoms with Crippen LogP contribution in [0.2, 0.25) is 0 Å². The van der Waals surface area contributed by atoms with Gasteiger partial charge in [-0.15, -0.1) is 0 Å². The molecule has 2 amide bonds. The third-order valence-corrected chi connectivity index (χ3v) is 4.65. The predicted octanol–water partition coefficient (Wildman–Crippen LogP) is 1.70. The first kappa shape index (κ1) is 19.4. The van der Waals surface area contributed by atoms with Gasteiger partial charge in [0.05, 0.1) is 6.04 Å². The summed E-state index contributed by atoms with van der Waals surface area (Å²) in [6, 6.07) is 7.36. The van der Waals surface area contributed by atoms with Crippen LogP contribution in [-0.2, 0) is 16.1 Å². The minimum atomic E-state index is -0.489. The molecule has 1 atom stereocenters. The van der Waals surface area contributed by atoms with Crippen molar-refractivity contribution in [2.45, 2.75) is 45.7 Å². The van der Waals surface area contributed by atoms with Crippen LogP contribution in [0.3, 0.4) is 0 Å². The van der Waals surface area contributed by atoms with Crippen LogP contribution in [0, 0.1) is 11.8 Å². The fraction of sp³-hybridized carbons (Fsp3) is 0.579. The van der Waals surface area contributed by atoms with E-state index in [9.17, 15) is 9.59 Å². The molecule has 1 aromatic rings. The van der Waals surface area contributed by atoms with Crippen LogP contribution in [0.15, 0.2) is 24.3 Å². The van der Waals surface area contributed by atoms with Crippen molar-refractivity contribution in [2.75, 3.05) is 18.4 Å². The zero-order chi connectivity index (χ0) is 18.4. The average Bonchev–Trinajstić information content (AvgIpc) is 2.55. The second-order valence-electron chi connectivity index (χ2n) is 7.38. The smallest absolute Gasteiger partial charge is 0.241 e. The van der Waals surface area contributed by atoms with Crippen molar-refractivity contribution < 1.29 is 9.59 Å². The van der Waals surface area contributed by atoms with Gasteiger partial charge in [-0.25, -0.2) is 0 Å². The Morgan fingerprint density at radius 1 is 1.28 bits per heavy atom. The van der Waals surface area contributed by atoms with Gasteiger partial charge in [0.15, 0.2) is 0 Å². The molecule has 6 nitrogen and oxygen atoms in total. The van der Waals surface area contributed by atoms with Gasteiger partial charge in [-0.2, -0.15) is 0 Å². The molecular weight excluding hydrogens is 316 g/mol. The topological polar surface area (TPSA) is 101 Å². The van der Waals surface area contributed by atoms with Gasteiger partial charge in [0, 0.05) is 18.2 Å². The quantitative estimate of drug-likeness (QED) is 0.699. The molecule has 0 radical (unpaired) electrons. The standard InChI is InChI=1S/C19H30N4O2/c1-13(2)10-17(20)19(25)22-16-5-3-4-14(11-16)12-23-8-6-15(7-9-23)18(21)24/h3-5,11,13,15,17H,6-10,12,20H2,1-2H3,(H2,21,24)(H,22,25)/t17-/m0/s1. The summed E-state index contributed by atoms with van der Waals surface area (Å²) in [6.45, 7) is 6.63. The fourth-order valence-electron chi connectivity index (χ4n) is 3.23. The molecule has 1 aliphatic heterocycles. The Balaban J connectivity index is 1.89. The van der Waals surface area contributed by atoms with Crippen LogP contribution >= 0.6 is 0 Å². The summed E-state index contributed by atoms with van der Waals surface area (Å²) in [7, 11) is 0. The van der Waals surface area contributed by atoms with Crippen molar-refractivity contribution >= 4 is 17.5 Å². The lowest BCUT2D eigenvalue weighted by molar-refractivity contribution is -0.123. The first-order valence-electron chi connectivity index (χ1n) is 9.02. The van der Waals surface area contributed by atoms with E-state index in [-0.39, 0.29) is 17.7 Å². The van der Waals surface area contributed by atoms with Crippen LogP contribution in [0.1, 0.15) is 38.7 Å². The number of rotatable bonds is 7. The van der Waals surface area contributed by atoms with E-state index in [1.54, 1.807) is 0 Å². The number of nitrogens with one attached hydrogen (secondary N) is 1. The minimum Gasteiger partial charge on any atom is -0.369 e. The van der Waals surface area contributed by atoms with Crippen molar-refractivity contribution in [2.24, 2.45) is 23.3 Å². The van der Waals surface area contributed by atoms with Gasteiger partial charge in [0.25, 0.3) is 0 Å². The van der Waals surface area contributed by atoms with E-state index in [2.05, 4.69) is 24.1 Å². The highest BCUT2D eigenvalue weighted by Gasteiger charge is 2.23. The number of nitrogens with two attached hydrogens (primary N) is 2. The van der Waals surface area contributed by atoms with E-state index in [1.165, 1.54) is 0 Å². The van der Waals surface area contributed by atoms with Gasteiger partial charge in [0.1, 0.15) is 0 Å². The van der Waals surface area contributed by atoms with Crippen molar-refractivity contribution in [3.05, 3.63) is 29.8 Å². The first-order chi connectivity index (χ1) is 11.8. The van der Waals surface area contributed by atoms with Gasteiger partial charge in [-0.05, 0) is 56.0 Å². The molecule has 1 fully saturated rings. The summed E-state index contributed by atoms with van der Waals surface area (Å²) < 4.78 is 0. The van der Waals surface area contributed by atoms with Crippen molar-refractivity contribution in [1.29, 1.82) is 0 Å². The number of amides is 2. The number of nitrogens with zero attached hydrogens (tertiary/aromatic N) is 1. The summed E-state index contributed by atoms with van der Waals surface area (Å²) in [6.07, 6.45) is 2.30. The molecule has 1 heterocycles. The summed E-state index contributed by atoms with van der Waals surface area (Å²) >= 11 is 0. The number of carbonyl (C=O) groups excluding carboxylic acids is 2. The molecule has 1 saturated heterocycles. The van der Waals surface area contributed by atoms with Crippen molar-refractivity contribution in [3.8, 4) is 0 Å². The van der Waals surface area contributed by atoms with E-state index in [0.29, 0.717) is 12.3 Å². The zero-order valence-electron chi connectivity index (χ0n) is 15.2. The van der Waals surface area contributed by atoms with Gasteiger partial charge >= 0.3 is 0 Å². The maximum absolute atomic E-state index is 12.2. The number of likely N-dealkylation sites (tertiary alicyclic amines) is 1. The van der Waals surface area contributed by atoms with E-state index in [1.807, 2.05) is 24.3 Å². The minimum absolute atomic E-state index is 0.00400. The third kappa shape index (κ3) is 6.14. The monoisotopic (exact) mass is 346 g/mol. The lowest BCUT2D eigenvalue weighted by Gasteiger charge is -2.30. The Labute approximate surface area is 149 Å². The molecule has 0 aromatic heterocycles. The summed E-state index contributed by atoms with van der Waals surface area (Å²) in [5.74, 6) is 0.0509. The molecular formula is C19H30N4O2. The second-order valence-corrected chi connectivity index (χ2v) is 7.38. The van der Waals surface area contributed by atoms with Crippen LogP contribution in [0.4, 0.5) is 5.69 Å². The Morgan fingerprint density at radius 3 is 2.56 bits per heavy atom. The Bertz CT molecular complexity index is 595. The summed E-state index contributed by atoms with van der Waals surface area (Å²) in [5.41, 5.74) is 13.2. The largest absolute Gasteiger partial charge is 0.369 e. The summed E-state index contributed by atoms with van der Waals surface area (Å²) in [4.78, 5) is 25.7. The van der Waals surface area contributed by atoms with Crippen molar-refractivity contribution in [3.63, 3.8) is 0 Å². The Kier molecular flexibility index (Phi) is 6.96. The van der Waals surface area contributed by atoms with E-state index < -0.39 is 6.04 Å². The predicted molar refractivity (Wildman–Crippen MR) is 99.7 cm³/mol. The molecule has 0 bridgehead atoms. The van der Waals surface area contributed by atoms with Gasteiger partial charge in [-0.1, -0.05) is 26.0 Å². The van der Waals surface area contributed by atoms with Crippen LogP contribution in [0.25, 0.3) is 0 Å². The molecule has 5 N–H and O–H groups in total. The second kappa shape index (κ2) is 8.97. The number of carbonyl (C=O) groups is 2. The molecule has 1 aromatic carbocycles. The van der Waals surface area contributed by atoms with E-state index >= 15 is 0 Å². The molecule has 0 unspecified atom stereocenters. The van der Waals surface area contributed by atoms with Crippen LogP contribution in [-0.4, -0.2) is 35.8 Å². The molecule has 0 saturated carbocycles. The molecule has 2 rings (SSSR count). The van der Waals surface area contributed by atoms with Crippen molar-refractivity contribution in [1.82, 2.24) is 4.90 Å². The number of piperidine rings is 1. The lowest BCUT2D eigenvalue weighted by atomic mass is 9.96. The van der Waals surface area contributed by atoms with Crippen LogP contribution in [0.5, 0.6) is 0 Å². The van der Waals surface area contributed by atoms with E-state index in [4.69, 9.17) is 11.5 Å². The highest BCUT2D eigenvalue weighted by atomic mass is 16.2. The fourth-order valence-corrected chi connectivity index (χ4v) is 3.23. The number of benzene rings is 1. The highest BCUT2D eigenvalue weighted by Crippen LogP contribution is 2.20. The SMILES string of the molecule is CC(C)C[C@H](N)C(=O)Nc1cccc(CN2CCC(C(N)=O)CC2)c1. The number of hydrogen-bond acceptors (Lipinski definition) is 4. The third-order valence-electron chi connectivity index (χ3n) is 4.65. The maximum atomic E-state index is 12.2. The molecule has 138 valence electrons.